The van der Waals surface area contributed by atoms with E-state index >= 15 is 0 Å². The van der Waals surface area contributed by atoms with Gasteiger partial charge in [0.05, 0.1) is 18.9 Å². The molecule has 1 fully saturated rings. The summed E-state index contributed by atoms with van der Waals surface area (Å²) in [4.78, 5) is 2.19. The van der Waals surface area contributed by atoms with E-state index in [9.17, 15) is 0 Å². The number of rotatable bonds is 2. The van der Waals surface area contributed by atoms with E-state index in [1.807, 2.05) is 4.57 Å². The lowest BCUT2D eigenvalue weighted by Gasteiger charge is -2.27. The van der Waals surface area contributed by atoms with Crippen LogP contribution in [0, 0.1) is 11.7 Å². The molecule has 0 atom stereocenters. The van der Waals surface area contributed by atoms with Crippen molar-refractivity contribution < 1.29 is 4.74 Å². The SMILES string of the molecule is Cc1ccc(-n2c(N3CCOCC3)n[nH]c2=S)cc1. The van der Waals surface area contributed by atoms with Crippen LogP contribution < -0.4 is 4.90 Å². The zero-order valence-corrected chi connectivity index (χ0v) is 11.6. The Morgan fingerprint density at radius 3 is 2.58 bits per heavy atom. The molecule has 2 aromatic rings. The summed E-state index contributed by atoms with van der Waals surface area (Å²) in [6.07, 6.45) is 0. The minimum Gasteiger partial charge on any atom is -0.378 e. The third-order valence-corrected chi connectivity index (χ3v) is 3.51. The summed E-state index contributed by atoms with van der Waals surface area (Å²) in [5.41, 5.74) is 2.26. The summed E-state index contributed by atoms with van der Waals surface area (Å²) >= 11 is 5.34. The van der Waals surface area contributed by atoms with E-state index in [1.54, 1.807) is 0 Å². The van der Waals surface area contributed by atoms with Crippen LogP contribution in [0.2, 0.25) is 0 Å². The lowest BCUT2D eigenvalue weighted by Crippen LogP contribution is -2.37. The standard InChI is InChI=1S/C13H16N4OS/c1-10-2-4-11(5-3-10)17-12(14-15-13(17)19)16-6-8-18-9-7-16/h2-5H,6-9H2,1H3,(H,15,19). The van der Waals surface area contributed by atoms with Crippen LogP contribution in [0.4, 0.5) is 5.95 Å². The number of anilines is 1. The van der Waals surface area contributed by atoms with E-state index in [4.69, 9.17) is 17.0 Å². The van der Waals surface area contributed by atoms with Crippen molar-refractivity contribution in [1.82, 2.24) is 14.8 Å². The normalized spacial score (nSPS) is 15.7. The molecule has 1 aromatic heterocycles. The molecule has 0 aliphatic carbocycles. The number of benzene rings is 1. The second-order valence-corrected chi connectivity index (χ2v) is 4.99. The predicted octanol–water partition coefficient (Wildman–Crippen LogP) is 2.07. The maximum absolute atomic E-state index is 5.37. The number of nitrogens with one attached hydrogen (secondary N) is 1. The molecule has 6 heteroatoms. The molecular weight excluding hydrogens is 260 g/mol. The van der Waals surface area contributed by atoms with Crippen LogP contribution in [0.3, 0.4) is 0 Å². The van der Waals surface area contributed by atoms with Crippen molar-refractivity contribution in [3.8, 4) is 5.69 Å². The van der Waals surface area contributed by atoms with Gasteiger partial charge in [-0.05, 0) is 31.3 Å². The maximum Gasteiger partial charge on any atom is 0.230 e. The van der Waals surface area contributed by atoms with Crippen molar-refractivity contribution >= 4 is 18.2 Å². The Bertz CT molecular complexity index is 610. The van der Waals surface area contributed by atoms with E-state index in [2.05, 4.69) is 46.3 Å². The van der Waals surface area contributed by atoms with Crippen LogP contribution in [0.15, 0.2) is 24.3 Å². The highest BCUT2D eigenvalue weighted by Crippen LogP contribution is 2.19. The van der Waals surface area contributed by atoms with Gasteiger partial charge in [-0.1, -0.05) is 17.7 Å². The fourth-order valence-corrected chi connectivity index (χ4v) is 2.42. The monoisotopic (exact) mass is 276 g/mol. The number of morpholine rings is 1. The first kappa shape index (κ1) is 12.4. The first-order valence-corrected chi connectivity index (χ1v) is 6.74. The number of aromatic amines is 1. The van der Waals surface area contributed by atoms with Crippen molar-refractivity contribution in [3.05, 3.63) is 34.6 Å². The third kappa shape index (κ3) is 2.41. The van der Waals surface area contributed by atoms with Crippen LogP contribution in [0.1, 0.15) is 5.56 Å². The number of aromatic nitrogens is 3. The van der Waals surface area contributed by atoms with Gasteiger partial charge in [0.2, 0.25) is 10.7 Å². The molecule has 5 nitrogen and oxygen atoms in total. The van der Waals surface area contributed by atoms with E-state index in [0.717, 1.165) is 37.9 Å². The molecule has 19 heavy (non-hydrogen) atoms. The third-order valence-electron chi connectivity index (χ3n) is 3.24. The summed E-state index contributed by atoms with van der Waals surface area (Å²) in [6, 6.07) is 8.27. The first-order chi connectivity index (χ1) is 9.25. The fraction of sp³-hybridized carbons (Fsp3) is 0.385. The molecule has 100 valence electrons. The van der Waals surface area contributed by atoms with Crippen molar-refractivity contribution in [2.75, 3.05) is 31.2 Å². The predicted molar refractivity (Wildman–Crippen MR) is 76.5 cm³/mol. The summed E-state index contributed by atoms with van der Waals surface area (Å²) < 4.78 is 7.96. The molecule has 1 N–H and O–H groups in total. The molecule has 1 aliphatic rings. The van der Waals surface area contributed by atoms with Crippen molar-refractivity contribution in [2.24, 2.45) is 0 Å². The average Bonchev–Trinajstić information content (AvgIpc) is 2.83. The second-order valence-electron chi connectivity index (χ2n) is 4.60. The highest BCUT2D eigenvalue weighted by atomic mass is 32.1. The second kappa shape index (κ2) is 5.14. The molecule has 2 heterocycles. The quantitative estimate of drug-likeness (QED) is 0.853. The minimum atomic E-state index is 0.616. The Morgan fingerprint density at radius 1 is 1.21 bits per heavy atom. The number of ether oxygens (including phenoxy) is 1. The van der Waals surface area contributed by atoms with Gasteiger partial charge in [0.1, 0.15) is 0 Å². The van der Waals surface area contributed by atoms with Gasteiger partial charge in [0.25, 0.3) is 0 Å². The summed E-state index contributed by atoms with van der Waals surface area (Å²) in [5.74, 6) is 0.858. The van der Waals surface area contributed by atoms with Crippen LogP contribution in [-0.2, 0) is 4.74 Å². The van der Waals surface area contributed by atoms with E-state index in [0.29, 0.717) is 4.77 Å². The number of H-pyrrole nitrogens is 1. The molecule has 0 radical (unpaired) electrons. The van der Waals surface area contributed by atoms with E-state index in [-0.39, 0.29) is 0 Å². The maximum atomic E-state index is 5.37. The van der Waals surface area contributed by atoms with E-state index < -0.39 is 0 Å². The number of hydrogen-bond acceptors (Lipinski definition) is 4. The highest BCUT2D eigenvalue weighted by molar-refractivity contribution is 7.71. The lowest BCUT2D eigenvalue weighted by atomic mass is 10.2. The highest BCUT2D eigenvalue weighted by Gasteiger charge is 2.18. The van der Waals surface area contributed by atoms with Crippen molar-refractivity contribution in [1.29, 1.82) is 0 Å². The van der Waals surface area contributed by atoms with Gasteiger partial charge in [-0.3, -0.25) is 4.57 Å². The molecule has 0 saturated carbocycles. The van der Waals surface area contributed by atoms with Gasteiger partial charge >= 0.3 is 0 Å². The molecule has 0 spiro atoms. The molecular formula is C13H16N4OS. The van der Waals surface area contributed by atoms with Crippen LogP contribution >= 0.6 is 12.2 Å². The minimum absolute atomic E-state index is 0.616. The zero-order valence-electron chi connectivity index (χ0n) is 10.8. The Balaban J connectivity index is 2.02. The fourth-order valence-electron chi connectivity index (χ4n) is 2.19. The zero-order chi connectivity index (χ0) is 13.2. The van der Waals surface area contributed by atoms with Crippen LogP contribution in [0.5, 0.6) is 0 Å². The van der Waals surface area contributed by atoms with Gasteiger partial charge in [0.15, 0.2) is 0 Å². The van der Waals surface area contributed by atoms with Gasteiger partial charge in [0, 0.05) is 13.1 Å². The molecule has 0 unspecified atom stereocenters. The van der Waals surface area contributed by atoms with Crippen molar-refractivity contribution in [3.63, 3.8) is 0 Å². The van der Waals surface area contributed by atoms with Gasteiger partial charge in [-0.15, -0.1) is 5.10 Å². The Morgan fingerprint density at radius 2 is 1.89 bits per heavy atom. The average molecular weight is 276 g/mol. The van der Waals surface area contributed by atoms with E-state index in [1.165, 1.54) is 5.56 Å². The molecule has 1 aromatic carbocycles. The summed E-state index contributed by atoms with van der Waals surface area (Å²) in [6.45, 7) is 5.21. The first-order valence-electron chi connectivity index (χ1n) is 6.33. The van der Waals surface area contributed by atoms with Gasteiger partial charge < -0.3 is 9.64 Å². The Labute approximate surface area is 116 Å². The molecule has 1 saturated heterocycles. The van der Waals surface area contributed by atoms with Crippen LogP contribution in [-0.4, -0.2) is 41.1 Å². The number of hydrogen-bond donors (Lipinski definition) is 1. The Hall–Kier alpha value is -1.66. The topological polar surface area (TPSA) is 46.1 Å². The van der Waals surface area contributed by atoms with Crippen molar-refractivity contribution in [2.45, 2.75) is 6.92 Å². The molecule has 0 bridgehead atoms. The lowest BCUT2D eigenvalue weighted by molar-refractivity contribution is 0.122. The number of nitrogens with zero attached hydrogens (tertiary/aromatic N) is 3. The van der Waals surface area contributed by atoms with Gasteiger partial charge in [-0.2, -0.15) is 0 Å². The van der Waals surface area contributed by atoms with Gasteiger partial charge in [-0.25, -0.2) is 5.10 Å². The molecule has 3 rings (SSSR count). The van der Waals surface area contributed by atoms with Crippen LogP contribution in [0.25, 0.3) is 5.69 Å². The largest absolute Gasteiger partial charge is 0.378 e. The smallest absolute Gasteiger partial charge is 0.230 e. The molecule has 0 amide bonds. The summed E-state index contributed by atoms with van der Waals surface area (Å²) in [7, 11) is 0. The Kier molecular flexibility index (Phi) is 3.35. The summed E-state index contributed by atoms with van der Waals surface area (Å²) in [5, 5.41) is 7.24. The number of aryl methyl sites for hydroxylation is 1. The molecule has 1 aliphatic heterocycles.